The summed E-state index contributed by atoms with van der Waals surface area (Å²) >= 11 is 0. The molecule has 0 aliphatic carbocycles. The fourth-order valence-electron chi connectivity index (χ4n) is 5.87. The number of aryl methyl sites for hydroxylation is 2. The molecule has 6 atom stereocenters. The molecular formula is C34H59N5O9Si2. The molecule has 4 heterocycles. The standard InChI is InChI=1S/C34H59N5O9Si2/c1-21-17-38(31(42)35-29(21)40)27-15-23(26(47-27)20-45-49(9,10)33(3,4)5)13-14-37(44)19-25-24(48-50(11,12)34(6,7)8)16-28(46-25)39-18-22(2)30(41)36-32(39)43/h17-18,23-28,44H,13-16,19-20H2,1-12H3,(H,35,40,42)(H,36,41,43). The van der Waals surface area contributed by atoms with Crippen LogP contribution in [0.5, 0.6) is 0 Å². The Morgan fingerprint density at radius 3 is 1.80 bits per heavy atom. The number of H-pyrrole nitrogens is 2. The summed E-state index contributed by atoms with van der Waals surface area (Å²) in [6.45, 7) is 25.7. The maximum atomic E-state index is 12.8. The van der Waals surface area contributed by atoms with E-state index in [0.717, 1.165) is 0 Å². The molecule has 6 unspecified atom stereocenters. The Balaban J connectivity index is 1.52. The van der Waals surface area contributed by atoms with Gasteiger partial charge in [0.05, 0.1) is 25.4 Å². The molecule has 3 N–H and O–H groups in total. The molecule has 2 fully saturated rings. The lowest BCUT2D eigenvalue weighted by molar-refractivity contribution is -0.138. The number of ether oxygens (including phenoxy) is 2. The molecule has 0 spiro atoms. The summed E-state index contributed by atoms with van der Waals surface area (Å²) in [4.78, 5) is 54.4. The predicted octanol–water partition coefficient (Wildman–Crippen LogP) is 4.39. The van der Waals surface area contributed by atoms with E-state index in [1.165, 1.54) is 26.6 Å². The molecule has 14 nitrogen and oxygen atoms in total. The Bertz CT molecular complexity index is 1740. The van der Waals surface area contributed by atoms with E-state index < -0.39 is 63.8 Å². The fraction of sp³-hybridized carbons (Fsp3) is 0.765. The molecule has 2 aromatic rings. The summed E-state index contributed by atoms with van der Waals surface area (Å²) in [5.74, 6) is -0.0576. The normalized spacial score (nSPS) is 25.2. The van der Waals surface area contributed by atoms with Crippen LogP contribution < -0.4 is 22.5 Å². The van der Waals surface area contributed by atoms with Crippen LogP contribution in [0.2, 0.25) is 36.3 Å². The van der Waals surface area contributed by atoms with Crippen molar-refractivity contribution in [3.05, 3.63) is 65.2 Å². The van der Waals surface area contributed by atoms with E-state index in [2.05, 4.69) is 77.7 Å². The van der Waals surface area contributed by atoms with Crippen LogP contribution in [0, 0.1) is 19.8 Å². The number of hydrogen-bond acceptors (Lipinski definition) is 10. The van der Waals surface area contributed by atoms with Gasteiger partial charge in [-0.3, -0.25) is 28.7 Å². The van der Waals surface area contributed by atoms with Crippen molar-refractivity contribution in [2.24, 2.45) is 5.92 Å². The van der Waals surface area contributed by atoms with E-state index in [-0.39, 0.29) is 35.2 Å². The van der Waals surface area contributed by atoms with Crippen molar-refractivity contribution in [3.63, 3.8) is 0 Å². The summed E-state index contributed by atoms with van der Waals surface area (Å²) in [5, 5.41) is 12.5. The van der Waals surface area contributed by atoms with Gasteiger partial charge in [0.2, 0.25) is 0 Å². The first kappa shape index (κ1) is 40.3. The molecule has 16 heteroatoms. The van der Waals surface area contributed by atoms with Crippen molar-refractivity contribution in [3.8, 4) is 0 Å². The summed E-state index contributed by atoms with van der Waals surface area (Å²) in [5.41, 5.74) is -1.15. The van der Waals surface area contributed by atoms with Crippen LogP contribution in [0.3, 0.4) is 0 Å². The van der Waals surface area contributed by atoms with Crippen molar-refractivity contribution < 1.29 is 23.5 Å². The van der Waals surface area contributed by atoms with Gasteiger partial charge in [0.1, 0.15) is 18.6 Å². The fourth-order valence-corrected chi connectivity index (χ4v) is 8.25. The van der Waals surface area contributed by atoms with Gasteiger partial charge in [0.25, 0.3) is 11.1 Å². The smallest absolute Gasteiger partial charge is 0.330 e. The van der Waals surface area contributed by atoms with Crippen LogP contribution in [-0.4, -0.2) is 84.0 Å². The molecule has 2 aliphatic heterocycles. The first-order valence-electron chi connectivity index (χ1n) is 17.6. The highest BCUT2D eigenvalue weighted by Crippen LogP contribution is 2.42. The molecule has 0 radical (unpaired) electrons. The number of rotatable bonds is 12. The van der Waals surface area contributed by atoms with E-state index in [1.807, 2.05) is 0 Å². The maximum absolute atomic E-state index is 12.8. The van der Waals surface area contributed by atoms with Crippen LogP contribution >= 0.6 is 0 Å². The van der Waals surface area contributed by atoms with Crippen LogP contribution in [0.25, 0.3) is 0 Å². The molecule has 2 saturated heterocycles. The van der Waals surface area contributed by atoms with E-state index in [1.54, 1.807) is 13.8 Å². The van der Waals surface area contributed by atoms with Crippen LogP contribution in [0.15, 0.2) is 31.6 Å². The van der Waals surface area contributed by atoms with E-state index in [9.17, 15) is 24.4 Å². The molecule has 0 aromatic carbocycles. The Kier molecular flexibility index (Phi) is 12.0. The molecule has 0 saturated carbocycles. The molecule has 0 bridgehead atoms. The molecule has 2 aliphatic rings. The molecule has 2 aromatic heterocycles. The average Bonchev–Trinajstić information content (AvgIpc) is 3.56. The lowest BCUT2D eigenvalue weighted by atomic mass is 9.97. The number of aromatic amines is 2. The topological polar surface area (TPSA) is 170 Å². The maximum Gasteiger partial charge on any atom is 0.330 e. The van der Waals surface area contributed by atoms with Crippen molar-refractivity contribution in [2.75, 3.05) is 19.7 Å². The van der Waals surface area contributed by atoms with Gasteiger partial charge in [0.15, 0.2) is 16.6 Å². The van der Waals surface area contributed by atoms with Gasteiger partial charge in [0, 0.05) is 36.5 Å². The van der Waals surface area contributed by atoms with Gasteiger partial charge >= 0.3 is 11.4 Å². The predicted molar refractivity (Wildman–Crippen MR) is 196 cm³/mol. The zero-order chi connectivity index (χ0) is 37.6. The van der Waals surface area contributed by atoms with Crippen LogP contribution in [-0.2, 0) is 18.3 Å². The summed E-state index contributed by atoms with van der Waals surface area (Å²) in [6.07, 6.45) is 1.91. The van der Waals surface area contributed by atoms with E-state index >= 15 is 0 Å². The van der Waals surface area contributed by atoms with Crippen LogP contribution in [0.1, 0.15) is 84.4 Å². The largest absolute Gasteiger partial charge is 0.414 e. The first-order valence-corrected chi connectivity index (χ1v) is 23.4. The van der Waals surface area contributed by atoms with Crippen molar-refractivity contribution in [1.29, 1.82) is 0 Å². The highest BCUT2D eigenvalue weighted by molar-refractivity contribution is 6.74. The molecule has 50 heavy (non-hydrogen) atoms. The Labute approximate surface area is 296 Å². The Morgan fingerprint density at radius 1 is 0.820 bits per heavy atom. The summed E-state index contributed by atoms with van der Waals surface area (Å²) < 4.78 is 29.0. The van der Waals surface area contributed by atoms with E-state index in [4.69, 9.17) is 18.3 Å². The number of aromatic nitrogens is 4. The highest BCUT2D eigenvalue weighted by Gasteiger charge is 2.46. The SMILES string of the molecule is Cc1cn(C2CC(CCN(O)CC3OC(n4cc(C)c(=O)[nH]c4=O)CC3O[Si](C)(C)C(C)(C)C)C(CO[Si](C)(C)C(C)(C)C)O2)c(=O)[nH]c1=O. The second-order valence-electron chi connectivity index (χ2n) is 17.1. The lowest BCUT2D eigenvalue weighted by Crippen LogP contribution is -2.48. The Morgan fingerprint density at radius 2 is 1.30 bits per heavy atom. The Hall–Kier alpha value is -2.45. The average molecular weight is 738 g/mol. The number of nitrogens with zero attached hydrogens (tertiary/aromatic N) is 3. The number of hydrogen-bond donors (Lipinski definition) is 3. The third-order valence-electron chi connectivity index (χ3n) is 11.3. The molecule has 282 valence electrons. The van der Waals surface area contributed by atoms with Gasteiger partial charge in [-0.05, 0) is 68.9 Å². The van der Waals surface area contributed by atoms with Gasteiger partial charge in [-0.1, -0.05) is 41.5 Å². The zero-order valence-electron chi connectivity index (χ0n) is 31.9. The minimum Gasteiger partial charge on any atom is -0.414 e. The second-order valence-corrected chi connectivity index (χ2v) is 26.7. The van der Waals surface area contributed by atoms with Crippen molar-refractivity contribution in [2.45, 2.75) is 142 Å². The molecule has 4 rings (SSSR count). The van der Waals surface area contributed by atoms with Crippen molar-refractivity contribution >= 4 is 16.6 Å². The summed E-state index contributed by atoms with van der Waals surface area (Å²) in [6, 6.07) is 0. The lowest BCUT2D eigenvalue weighted by Gasteiger charge is -2.39. The minimum atomic E-state index is -2.27. The zero-order valence-corrected chi connectivity index (χ0v) is 33.9. The van der Waals surface area contributed by atoms with Gasteiger partial charge in [-0.15, -0.1) is 0 Å². The van der Waals surface area contributed by atoms with Gasteiger partial charge in [-0.2, -0.15) is 5.06 Å². The van der Waals surface area contributed by atoms with Gasteiger partial charge in [-0.25, -0.2) is 9.59 Å². The first-order chi connectivity index (χ1) is 22.9. The third-order valence-corrected chi connectivity index (χ3v) is 20.3. The van der Waals surface area contributed by atoms with E-state index in [0.29, 0.717) is 37.0 Å². The highest BCUT2D eigenvalue weighted by atomic mass is 28.4. The molecular weight excluding hydrogens is 679 g/mol. The second kappa shape index (κ2) is 14.9. The monoisotopic (exact) mass is 737 g/mol. The minimum absolute atomic E-state index is 0.00355. The molecule has 0 amide bonds. The number of hydroxylamine groups is 2. The van der Waals surface area contributed by atoms with Gasteiger partial charge < -0.3 is 23.5 Å². The third kappa shape index (κ3) is 9.12. The quantitative estimate of drug-likeness (QED) is 0.210. The number of nitrogens with one attached hydrogen (secondary N) is 2. The van der Waals surface area contributed by atoms with Crippen LogP contribution in [0.4, 0.5) is 0 Å². The summed E-state index contributed by atoms with van der Waals surface area (Å²) in [7, 11) is -4.38. The van der Waals surface area contributed by atoms with Crippen molar-refractivity contribution in [1.82, 2.24) is 24.2 Å².